The first-order valence-electron chi connectivity index (χ1n) is 8.11. The van der Waals surface area contributed by atoms with Gasteiger partial charge in [-0.15, -0.1) is 0 Å². The first-order valence-corrected chi connectivity index (χ1v) is 9.26. The number of hydrogen-bond acceptors (Lipinski definition) is 5. The number of carbonyl (C=O) groups is 2. The lowest BCUT2D eigenvalue weighted by Gasteiger charge is -2.37. The monoisotopic (exact) mass is 351 g/mol. The third-order valence-corrected chi connectivity index (χ3v) is 4.68. The quantitative estimate of drug-likeness (QED) is 0.841. The highest BCUT2D eigenvalue weighted by molar-refractivity contribution is 7.99. The van der Waals surface area contributed by atoms with Gasteiger partial charge in [-0.25, -0.2) is 9.59 Å². The molecule has 24 heavy (non-hydrogen) atoms. The van der Waals surface area contributed by atoms with E-state index < -0.39 is 17.2 Å². The van der Waals surface area contributed by atoms with E-state index in [9.17, 15) is 9.59 Å². The number of alkyl carbamates (subject to hydrolysis) is 1. The van der Waals surface area contributed by atoms with Crippen molar-refractivity contribution in [2.75, 3.05) is 11.5 Å². The number of amides is 1. The Balaban J connectivity index is 2.00. The molecule has 1 amide bonds. The number of ether oxygens (including phenoxy) is 2. The normalized spacial score (nSPS) is 17.0. The Morgan fingerprint density at radius 2 is 1.79 bits per heavy atom. The summed E-state index contributed by atoms with van der Waals surface area (Å²) in [6.07, 6.45) is 0.511. The molecule has 0 atom stereocenters. The van der Waals surface area contributed by atoms with Gasteiger partial charge in [0, 0.05) is 0 Å². The van der Waals surface area contributed by atoms with Crippen LogP contribution >= 0.6 is 11.8 Å². The van der Waals surface area contributed by atoms with E-state index in [1.165, 1.54) is 0 Å². The number of hydrogen-bond donors (Lipinski definition) is 1. The molecular formula is C18H25NO4S. The maximum Gasteiger partial charge on any atom is 0.408 e. The number of benzene rings is 1. The summed E-state index contributed by atoms with van der Waals surface area (Å²) in [4.78, 5) is 24.9. The van der Waals surface area contributed by atoms with Crippen LogP contribution in [0.3, 0.4) is 0 Å². The molecule has 0 spiro atoms. The molecule has 0 unspecified atom stereocenters. The van der Waals surface area contributed by atoms with Crippen molar-refractivity contribution in [2.24, 2.45) is 0 Å². The fraction of sp³-hybridized carbons (Fsp3) is 0.556. The van der Waals surface area contributed by atoms with Gasteiger partial charge >= 0.3 is 12.1 Å². The first kappa shape index (κ1) is 18.6. The molecule has 0 aromatic heterocycles. The number of thioether (sulfide) groups is 1. The van der Waals surface area contributed by atoms with Gasteiger partial charge in [0.1, 0.15) is 17.7 Å². The lowest BCUT2D eigenvalue weighted by Crippen LogP contribution is -2.58. The summed E-state index contributed by atoms with van der Waals surface area (Å²) in [5.41, 5.74) is -0.686. The van der Waals surface area contributed by atoms with Crippen LogP contribution in [0.4, 0.5) is 4.79 Å². The van der Waals surface area contributed by atoms with Crippen LogP contribution in [0.25, 0.3) is 0 Å². The van der Waals surface area contributed by atoms with Crippen LogP contribution < -0.4 is 5.32 Å². The molecular weight excluding hydrogens is 326 g/mol. The molecule has 132 valence electrons. The summed E-state index contributed by atoms with van der Waals surface area (Å²) < 4.78 is 10.8. The molecule has 1 aliphatic heterocycles. The highest BCUT2D eigenvalue weighted by atomic mass is 32.2. The van der Waals surface area contributed by atoms with Gasteiger partial charge in [0.2, 0.25) is 0 Å². The van der Waals surface area contributed by atoms with Gasteiger partial charge in [0.05, 0.1) is 0 Å². The van der Waals surface area contributed by atoms with Crippen LogP contribution in [-0.4, -0.2) is 34.7 Å². The minimum absolute atomic E-state index is 0.172. The van der Waals surface area contributed by atoms with Crippen molar-refractivity contribution in [1.29, 1.82) is 0 Å². The number of nitrogens with one attached hydrogen (secondary N) is 1. The lowest BCUT2D eigenvalue weighted by atomic mass is 9.92. The largest absolute Gasteiger partial charge is 0.458 e. The third kappa shape index (κ3) is 5.44. The molecule has 2 rings (SSSR count). The Morgan fingerprint density at radius 1 is 1.17 bits per heavy atom. The first-order chi connectivity index (χ1) is 11.3. The number of carbonyl (C=O) groups excluding carboxylic acids is 2. The zero-order valence-corrected chi connectivity index (χ0v) is 15.3. The second-order valence-corrected chi connectivity index (χ2v) is 8.11. The van der Waals surface area contributed by atoms with Crippen LogP contribution in [0.2, 0.25) is 0 Å². The average molecular weight is 351 g/mol. The molecule has 1 aliphatic rings. The van der Waals surface area contributed by atoms with E-state index in [1.807, 2.05) is 51.1 Å². The Bertz CT molecular complexity index is 562. The SMILES string of the molecule is CC(C)(C)OC(=O)C1(NC(=O)OCc2ccccc2)CCSCC1. The van der Waals surface area contributed by atoms with E-state index >= 15 is 0 Å². The third-order valence-electron chi connectivity index (χ3n) is 3.69. The second kappa shape index (κ2) is 7.92. The van der Waals surface area contributed by atoms with E-state index in [0.29, 0.717) is 12.8 Å². The summed E-state index contributed by atoms with van der Waals surface area (Å²) >= 11 is 1.77. The molecule has 0 saturated carbocycles. The standard InChI is InChI=1S/C18H25NO4S/c1-17(2,3)23-15(20)18(9-11-24-12-10-18)19-16(21)22-13-14-7-5-4-6-8-14/h4-8H,9-13H2,1-3H3,(H,19,21). The molecule has 1 fully saturated rings. The predicted octanol–water partition coefficient (Wildman–Crippen LogP) is 3.52. The zero-order valence-electron chi connectivity index (χ0n) is 14.5. The lowest BCUT2D eigenvalue weighted by molar-refractivity contribution is -0.163. The van der Waals surface area contributed by atoms with E-state index in [0.717, 1.165) is 17.1 Å². The zero-order chi connectivity index (χ0) is 17.6. The summed E-state index contributed by atoms with van der Waals surface area (Å²) in [6.45, 7) is 5.64. The number of rotatable bonds is 4. The Morgan fingerprint density at radius 3 is 2.38 bits per heavy atom. The Labute approximate surface area is 147 Å². The fourth-order valence-electron chi connectivity index (χ4n) is 2.43. The molecule has 1 aromatic rings. The van der Waals surface area contributed by atoms with E-state index in [-0.39, 0.29) is 12.6 Å². The molecule has 1 N–H and O–H groups in total. The van der Waals surface area contributed by atoms with Crippen molar-refractivity contribution < 1.29 is 19.1 Å². The topological polar surface area (TPSA) is 64.6 Å². The average Bonchev–Trinajstić information content (AvgIpc) is 2.53. The van der Waals surface area contributed by atoms with E-state index in [4.69, 9.17) is 9.47 Å². The smallest absolute Gasteiger partial charge is 0.408 e. The van der Waals surface area contributed by atoms with Crippen LogP contribution in [0.5, 0.6) is 0 Å². The Hall–Kier alpha value is -1.69. The highest BCUT2D eigenvalue weighted by Gasteiger charge is 2.44. The van der Waals surface area contributed by atoms with Crippen molar-refractivity contribution >= 4 is 23.8 Å². The highest BCUT2D eigenvalue weighted by Crippen LogP contribution is 2.30. The van der Waals surface area contributed by atoms with Crippen LogP contribution in [0.15, 0.2) is 30.3 Å². The van der Waals surface area contributed by atoms with Gasteiger partial charge < -0.3 is 14.8 Å². The van der Waals surface area contributed by atoms with E-state index in [1.54, 1.807) is 11.8 Å². The molecule has 6 heteroatoms. The van der Waals surface area contributed by atoms with Crippen molar-refractivity contribution in [2.45, 2.75) is 51.4 Å². The Kier molecular flexibility index (Phi) is 6.15. The van der Waals surface area contributed by atoms with Crippen molar-refractivity contribution in [1.82, 2.24) is 5.32 Å². The van der Waals surface area contributed by atoms with Crippen molar-refractivity contribution in [3.63, 3.8) is 0 Å². The maximum atomic E-state index is 12.6. The molecule has 5 nitrogen and oxygen atoms in total. The predicted molar refractivity (Wildman–Crippen MR) is 94.9 cm³/mol. The van der Waals surface area contributed by atoms with Gasteiger partial charge in [-0.05, 0) is 50.7 Å². The van der Waals surface area contributed by atoms with Gasteiger partial charge in [0.15, 0.2) is 0 Å². The molecule has 0 aliphatic carbocycles. The molecule has 1 heterocycles. The van der Waals surface area contributed by atoms with Crippen molar-refractivity contribution in [3.05, 3.63) is 35.9 Å². The minimum atomic E-state index is -0.994. The van der Waals surface area contributed by atoms with Crippen LogP contribution in [0.1, 0.15) is 39.2 Å². The van der Waals surface area contributed by atoms with Gasteiger partial charge in [-0.2, -0.15) is 11.8 Å². The fourth-order valence-corrected chi connectivity index (χ4v) is 3.62. The summed E-state index contributed by atoms with van der Waals surface area (Å²) in [7, 11) is 0. The van der Waals surface area contributed by atoms with Gasteiger partial charge in [-0.1, -0.05) is 30.3 Å². The maximum absolute atomic E-state index is 12.6. The molecule has 0 radical (unpaired) electrons. The number of esters is 1. The summed E-state index contributed by atoms with van der Waals surface area (Å²) in [5, 5.41) is 2.78. The second-order valence-electron chi connectivity index (χ2n) is 6.88. The molecule has 1 saturated heterocycles. The van der Waals surface area contributed by atoms with Crippen molar-refractivity contribution in [3.8, 4) is 0 Å². The minimum Gasteiger partial charge on any atom is -0.458 e. The van der Waals surface area contributed by atoms with Crippen LogP contribution in [0, 0.1) is 0 Å². The van der Waals surface area contributed by atoms with E-state index in [2.05, 4.69) is 5.32 Å². The molecule has 1 aromatic carbocycles. The molecule has 0 bridgehead atoms. The summed E-state index contributed by atoms with van der Waals surface area (Å²) in [6, 6.07) is 9.44. The summed E-state index contributed by atoms with van der Waals surface area (Å²) in [5.74, 6) is 1.23. The van der Waals surface area contributed by atoms with Gasteiger partial charge in [0.25, 0.3) is 0 Å². The van der Waals surface area contributed by atoms with Gasteiger partial charge in [-0.3, -0.25) is 0 Å². The van der Waals surface area contributed by atoms with Crippen LogP contribution in [-0.2, 0) is 20.9 Å².